The third kappa shape index (κ3) is 4.49. The molecule has 10 heteroatoms. The van der Waals surface area contributed by atoms with Gasteiger partial charge in [-0.3, -0.25) is 9.55 Å². The molecule has 31 heavy (non-hydrogen) atoms. The van der Waals surface area contributed by atoms with Gasteiger partial charge in [-0.2, -0.15) is 8.78 Å². The number of halogens is 2. The Hall–Kier alpha value is -3.11. The summed E-state index contributed by atoms with van der Waals surface area (Å²) in [5, 5.41) is 9.31. The molecule has 0 amide bonds. The molecular formula is C21H16F2N4O2S2. The minimum atomic E-state index is -4.60. The number of nitrogens with zero attached hydrogens (tertiary/aromatic N) is 4. The summed E-state index contributed by atoms with van der Waals surface area (Å²) in [5.41, 5.74) is 2.52. The molecule has 0 saturated carbocycles. The van der Waals surface area contributed by atoms with Gasteiger partial charge in [-0.1, -0.05) is 42.1 Å². The van der Waals surface area contributed by atoms with Crippen LogP contribution in [0.2, 0.25) is 0 Å². The highest BCUT2D eigenvalue weighted by Crippen LogP contribution is 2.30. The van der Waals surface area contributed by atoms with E-state index in [0.717, 1.165) is 16.8 Å². The molecule has 4 aromatic rings. The second-order valence-electron chi connectivity index (χ2n) is 6.45. The first-order chi connectivity index (χ1) is 15.0. The molecule has 0 aliphatic carbocycles. The standard InChI is InChI=1S/C21H16F2N4O2S2/c22-20(23)31(28,29)18-8-6-15(7-9-18)14-30-21-26-25-19(16-10-12-24-13-11-16)27(21)17-4-2-1-3-5-17/h1-13,20H,14H2. The highest BCUT2D eigenvalue weighted by atomic mass is 32.2. The molecule has 0 aliphatic rings. The first kappa shape index (κ1) is 21.1. The Labute approximate surface area is 181 Å². The molecule has 2 aromatic heterocycles. The van der Waals surface area contributed by atoms with Crippen LogP contribution in [-0.4, -0.2) is 33.9 Å². The van der Waals surface area contributed by atoms with E-state index in [1.165, 1.54) is 36.0 Å². The maximum Gasteiger partial charge on any atom is 0.341 e. The van der Waals surface area contributed by atoms with Crippen molar-refractivity contribution in [3.63, 3.8) is 0 Å². The van der Waals surface area contributed by atoms with Crippen LogP contribution in [0.4, 0.5) is 8.78 Å². The van der Waals surface area contributed by atoms with Gasteiger partial charge in [0.2, 0.25) is 9.84 Å². The van der Waals surface area contributed by atoms with Gasteiger partial charge in [0.1, 0.15) is 0 Å². The van der Waals surface area contributed by atoms with Gasteiger partial charge in [-0.15, -0.1) is 10.2 Å². The summed E-state index contributed by atoms with van der Waals surface area (Å²) in [5.74, 6) is -2.32. The van der Waals surface area contributed by atoms with Crippen LogP contribution in [0.15, 0.2) is 89.2 Å². The van der Waals surface area contributed by atoms with E-state index in [9.17, 15) is 17.2 Å². The number of benzene rings is 2. The average molecular weight is 459 g/mol. The second-order valence-corrected chi connectivity index (χ2v) is 9.31. The Morgan fingerprint density at radius 3 is 2.23 bits per heavy atom. The number of alkyl halides is 2. The minimum Gasteiger partial charge on any atom is -0.270 e. The second kappa shape index (κ2) is 8.94. The Kier molecular flexibility index (Phi) is 6.10. The first-order valence-electron chi connectivity index (χ1n) is 9.12. The minimum absolute atomic E-state index is 0.399. The molecule has 6 nitrogen and oxygen atoms in total. The van der Waals surface area contributed by atoms with Crippen molar-refractivity contribution in [3.8, 4) is 17.1 Å². The lowest BCUT2D eigenvalue weighted by molar-refractivity contribution is 0.234. The first-order valence-corrected chi connectivity index (χ1v) is 11.6. The Morgan fingerprint density at radius 1 is 0.903 bits per heavy atom. The van der Waals surface area contributed by atoms with Crippen LogP contribution in [0, 0.1) is 0 Å². The van der Waals surface area contributed by atoms with Crippen molar-refractivity contribution in [2.24, 2.45) is 0 Å². The van der Waals surface area contributed by atoms with Crippen molar-refractivity contribution in [2.75, 3.05) is 0 Å². The third-order valence-electron chi connectivity index (χ3n) is 4.44. The van der Waals surface area contributed by atoms with Crippen molar-refractivity contribution >= 4 is 21.6 Å². The largest absolute Gasteiger partial charge is 0.341 e. The van der Waals surface area contributed by atoms with Gasteiger partial charge in [0.15, 0.2) is 11.0 Å². The highest BCUT2D eigenvalue weighted by molar-refractivity contribution is 7.98. The molecule has 0 aliphatic heterocycles. The van der Waals surface area contributed by atoms with Crippen LogP contribution in [0.25, 0.3) is 17.1 Å². The zero-order chi connectivity index (χ0) is 21.8. The van der Waals surface area contributed by atoms with Gasteiger partial charge in [-0.25, -0.2) is 8.42 Å². The molecule has 0 fully saturated rings. The zero-order valence-corrected chi connectivity index (χ0v) is 17.6. The van der Waals surface area contributed by atoms with E-state index < -0.39 is 20.5 Å². The van der Waals surface area contributed by atoms with Crippen molar-refractivity contribution in [3.05, 3.63) is 84.7 Å². The fourth-order valence-corrected chi connectivity index (χ4v) is 4.52. The van der Waals surface area contributed by atoms with Crippen LogP contribution >= 0.6 is 11.8 Å². The molecule has 2 heterocycles. The van der Waals surface area contributed by atoms with E-state index in [1.54, 1.807) is 12.4 Å². The predicted octanol–water partition coefficient (Wildman–Crippen LogP) is 4.62. The molecule has 0 atom stereocenters. The van der Waals surface area contributed by atoms with Crippen LogP contribution in [0.1, 0.15) is 5.56 Å². The fourth-order valence-electron chi connectivity index (χ4n) is 2.89. The lowest BCUT2D eigenvalue weighted by Crippen LogP contribution is -2.11. The average Bonchev–Trinajstić information content (AvgIpc) is 3.23. The number of aromatic nitrogens is 4. The van der Waals surface area contributed by atoms with Crippen molar-refractivity contribution in [1.29, 1.82) is 0 Å². The SMILES string of the molecule is O=S(=O)(c1ccc(CSc2nnc(-c3ccncc3)n2-c2ccccc2)cc1)C(F)F. The molecule has 4 rings (SSSR count). The fraction of sp³-hybridized carbons (Fsp3) is 0.0952. The molecule has 0 radical (unpaired) electrons. The molecular weight excluding hydrogens is 442 g/mol. The van der Waals surface area contributed by atoms with E-state index in [4.69, 9.17) is 0 Å². The summed E-state index contributed by atoms with van der Waals surface area (Å²) in [4.78, 5) is 3.64. The van der Waals surface area contributed by atoms with Gasteiger partial charge in [-0.05, 0) is 42.0 Å². The van der Waals surface area contributed by atoms with Gasteiger partial charge >= 0.3 is 5.76 Å². The lowest BCUT2D eigenvalue weighted by atomic mass is 10.2. The zero-order valence-electron chi connectivity index (χ0n) is 16.0. The number of rotatable bonds is 7. The van der Waals surface area contributed by atoms with E-state index in [0.29, 0.717) is 16.7 Å². The van der Waals surface area contributed by atoms with E-state index in [1.807, 2.05) is 47.0 Å². The molecule has 0 spiro atoms. The van der Waals surface area contributed by atoms with Crippen molar-refractivity contribution in [2.45, 2.75) is 21.6 Å². The monoisotopic (exact) mass is 458 g/mol. The summed E-state index contributed by atoms with van der Waals surface area (Å²) < 4.78 is 50.5. The molecule has 0 N–H and O–H groups in total. The quantitative estimate of drug-likeness (QED) is 0.376. The van der Waals surface area contributed by atoms with Gasteiger partial charge in [0.05, 0.1) is 4.90 Å². The summed E-state index contributed by atoms with van der Waals surface area (Å²) >= 11 is 1.41. The maximum absolute atomic E-state index is 12.7. The highest BCUT2D eigenvalue weighted by Gasteiger charge is 2.26. The number of sulfone groups is 1. The summed E-state index contributed by atoms with van der Waals surface area (Å²) in [6.45, 7) is 0. The van der Waals surface area contributed by atoms with Crippen LogP contribution in [0.3, 0.4) is 0 Å². The Bertz CT molecular complexity index is 1260. The van der Waals surface area contributed by atoms with Gasteiger partial charge < -0.3 is 0 Å². The van der Waals surface area contributed by atoms with E-state index in [-0.39, 0.29) is 0 Å². The topological polar surface area (TPSA) is 77.7 Å². The number of hydrogen-bond acceptors (Lipinski definition) is 6. The Morgan fingerprint density at radius 2 is 1.58 bits per heavy atom. The predicted molar refractivity (Wildman–Crippen MR) is 114 cm³/mol. The van der Waals surface area contributed by atoms with Crippen molar-refractivity contribution < 1.29 is 17.2 Å². The van der Waals surface area contributed by atoms with Gasteiger partial charge in [0, 0.05) is 29.4 Å². The van der Waals surface area contributed by atoms with Crippen LogP contribution in [-0.2, 0) is 15.6 Å². The molecule has 0 bridgehead atoms. The van der Waals surface area contributed by atoms with E-state index >= 15 is 0 Å². The molecule has 0 unspecified atom stereocenters. The Balaban J connectivity index is 1.62. The summed E-state index contributed by atoms with van der Waals surface area (Å²) in [6.07, 6.45) is 3.36. The normalized spacial score (nSPS) is 11.7. The van der Waals surface area contributed by atoms with Crippen LogP contribution < -0.4 is 0 Å². The lowest BCUT2D eigenvalue weighted by Gasteiger charge is -2.10. The van der Waals surface area contributed by atoms with E-state index in [2.05, 4.69) is 15.2 Å². The smallest absolute Gasteiger partial charge is 0.270 e. The third-order valence-corrected chi connectivity index (χ3v) is 6.84. The number of hydrogen-bond donors (Lipinski definition) is 0. The number of pyridine rings is 1. The van der Waals surface area contributed by atoms with Gasteiger partial charge in [0.25, 0.3) is 0 Å². The molecule has 158 valence electrons. The summed E-state index contributed by atoms with van der Waals surface area (Å²) in [6, 6.07) is 18.8. The maximum atomic E-state index is 12.7. The number of thioether (sulfide) groups is 1. The molecule has 2 aromatic carbocycles. The molecule has 0 saturated heterocycles. The van der Waals surface area contributed by atoms with Crippen LogP contribution in [0.5, 0.6) is 0 Å². The summed E-state index contributed by atoms with van der Waals surface area (Å²) in [7, 11) is -4.60. The van der Waals surface area contributed by atoms with Crippen molar-refractivity contribution in [1.82, 2.24) is 19.7 Å². The number of para-hydroxylation sites is 1.